The van der Waals surface area contributed by atoms with Gasteiger partial charge in [0.05, 0.1) is 18.5 Å². The Morgan fingerprint density at radius 3 is 2.44 bits per heavy atom. The molecule has 1 heterocycles. The Bertz CT molecular complexity index is 295. The monoisotopic (exact) mass is 250 g/mol. The van der Waals surface area contributed by atoms with E-state index < -0.39 is 10.0 Å². The summed E-state index contributed by atoms with van der Waals surface area (Å²) >= 11 is 0. The Morgan fingerprint density at radius 2 is 1.94 bits per heavy atom. The largest absolute Gasteiger partial charge is 0.378 e. The summed E-state index contributed by atoms with van der Waals surface area (Å²) in [5.41, 5.74) is 5.73. The Morgan fingerprint density at radius 1 is 1.38 bits per heavy atom. The van der Waals surface area contributed by atoms with Crippen LogP contribution in [0, 0.1) is 0 Å². The van der Waals surface area contributed by atoms with Crippen LogP contribution in [0.4, 0.5) is 0 Å². The number of piperidine rings is 1. The van der Waals surface area contributed by atoms with Crippen molar-refractivity contribution < 1.29 is 13.2 Å². The first-order valence-electron chi connectivity index (χ1n) is 5.77. The van der Waals surface area contributed by atoms with Crippen molar-refractivity contribution in [1.82, 2.24) is 4.31 Å². The molecule has 2 N–H and O–H groups in total. The van der Waals surface area contributed by atoms with Gasteiger partial charge in [-0.3, -0.25) is 0 Å². The SMILES string of the molecule is CC(C)OCCS(=O)(=O)N1CCC(N)CC1. The van der Waals surface area contributed by atoms with E-state index in [1.807, 2.05) is 13.8 Å². The van der Waals surface area contributed by atoms with E-state index in [-0.39, 0.29) is 24.5 Å². The quantitative estimate of drug-likeness (QED) is 0.754. The standard InChI is InChI=1S/C10H22N2O3S/c1-9(2)15-7-8-16(13,14)12-5-3-10(11)4-6-12/h9-10H,3-8,11H2,1-2H3. The lowest BCUT2D eigenvalue weighted by atomic mass is 10.1. The molecule has 0 radical (unpaired) electrons. The average Bonchev–Trinajstić information content (AvgIpc) is 2.17. The van der Waals surface area contributed by atoms with Gasteiger partial charge in [0.2, 0.25) is 10.0 Å². The predicted octanol–water partition coefficient (Wildman–Crippen LogP) is 0.164. The van der Waals surface area contributed by atoms with Crippen molar-refractivity contribution in [2.75, 3.05) is 25.4 Å². The van der Waals surface area contributed by atoms with Crippen molar-refractivity contribution in [1.29, 1.82) is 0 Å². The molecular formula is C10H22N2O3S. The molecule has 1 aliphatic heterocycles. The lowest BCUT2D eigenvalue weighted by Crippen LogP contribution is -2.44. The Balaban J connectivity index is 2.38. The zero-order valence-electron chi connectivity index (χ0n) is 10.1. The topological polar surface area (TPSA) is 72.6 Å². The van der Waals surface area contributed by atoms with Gasteiger partial charge in [0.1, 0.15) is 0 Å². The van der Waals surface area contributed by atoms with E-state index in [2.05, 4.69) is 0 Å². The maximum atomic E-state index is 11.9. The molecule has 5 nitrogen and oxygen atoms in total. The molecular weight excluding hydrogens is 228 g/mol. The van der Waals surface area contributed by atoms with Crippen molar-refractivity contribution in [3.05, 3.63) is 0 Å². The van der Waals surface area contributed by atoms with Gasteiger partial charge in [0.15, 0.2) is 0 Å². The molecule has 6 heteroatoms. The number of nitrogens with two attached hydrogens (primary N) is 1. The first-order chi connectivity index (χ1) is 7.42. The van der Waals surface area contributed by atoms with Gasteiger partial charge in [-0.25, -0.2) is 12.7 Å². The molecule has 0 aromatic carbocycles. The Labute approximate surface area is 98.0 Å². The van der Waals surface area contributed by atoms with Crippen LogP contribution in [-0.2, 0) is 14.8 Å². The van der Waals surface area contributed by atoms with Crippen LogP contribution in [0.3, 0.4) is 0 Å². The van der Waals surface area contributed by atoms with Crippen molar-refractivity contribution in [3.63, 3.8) is 0 Å². The van der Waals surface area contributed by atoms with Gasteiger partial charge in [0.25, 0.3) is 0 Å². The van der Waals surface area contributed by atoms with Crippen LogP contribution in [0.15, 0.2) is 0 Å². The average molecular weight is 250 g/mol. The number of hydrogen-bond donors (Lipinski definition) is 1. The molecule has 0 aromatic heterocycles. The lowest BCUT2D eigenvalue weighted by molar-refractivity contribution is 0.0905. The maximum absolute atomic E-state index is 11.9. The van der Waals surface area contributed by atoms with Crippen molar-refractivity contribution in [2.45, 2.75) is 38.8 Å². The second-order valence-electron chi connectivity index (χ2n) is 4.47. The summed E-state index contributed by atoms with van der Waals surface area (Å²) in [4.78, 5) is 0. The van der Waals surface area contributed by atoms with Crippen molar-refractivity contribution >= 4 is 10.0 Å². The van der Waals surface area contributed by atoms with Crippen molar-refractivity contribution in [2.24, 2.45) is 5.73 Å². The minimum atomic E-state index is -3.15. The van der Waals surface area contributed by atoms with E-state index in [1.54, 1.807) is 0 Å². The third-order valence-electron chi connectivity index (χ3n) is 2.68. The highest BCUT2D eigenvalue weighted by Gasteiger charge is 2.26. The molecule has 0 spiro atoms. The van der Waals surface area contributed by atoms with Crippen LogP contribution in [0.5, 0.6) is 0 Å². The Kier molecular flexibility index (Phi) is 5.17. The van der Waals surface area contributed by atoms with Crippen molar-refractivity contribution in [3.8, 4) is 0 Å². The van der Waals surface area contributed by atoms with Gasteiger partial charge in [-0.15, -0.1) is 0 Å². The number of sulfonamides is 1. The fourth-order valence-corrected chi connectivity index (χ4v) is 3.00. The maximum Gasteiger partial charge on any atom is 0.216 e. The summed E-state index contributed by atoms with van der Waals surface area (Å²) in [5, 5.41) is 0. The van der Waals surface area contributed by atoms with E-state index in [4.69, 9.17) is 10.5 Å². The summed E-state index contributed by atoms with van der Waals surface area (Å²) in [6, 6.07) is 0.151. The second kappa shape index (κ2) is 5.95. The van der Waals surface area contributed by atoms with Crippen LogP contribution in [0.25, 0.3) is 0 Å². The van der Waals surface area contributed by atoms with E-state index in [0.29, 0.717) is 13.1 Å². The van der Waals surface area contributed by atoms with E-state index >= 15 is 0 Å². The molecule has 1 rings (SSSR count). The predicted molar refractivity (Wildman–Crippen MR) is 63.7 cm³/mol. The summed E-state index contributed by atoms with van der Waals surface area (Å²) < 4.78 is 30.5. The van der Waals surface area contributed by atoms with Gasteiger partial charge in [-0.1, -0.05) is 0 Å². The molecule has 0 amide bonds. The Hall–Kier alpha value is -0.170. The zero-order chi connectivity index (χ0) is 12.2. The minimum Gasteiger partial charge on any atom is -0.378 e. The third-order valence-corrected chi connectivity index (χ3v) is 4.52. The van der Waals surface area contributed by atoms with Gasteiger partial charge in [-0.05, 0) is 26.7 Å². The fourth-order valence-electron chi connectivity index (χ4n) is 1.67. The molecule has 1 aliphatic rings. The highest BCUT2D eigenvalue weighted by Crippen LogP contribution is 2.13. The van der Waals surface area contributed by atoms with Crippen LogP contribution < -0.4 is 5.73 Å². The number of ether oxygens (including phenoxy) is 1. The van der Waals surface area contributed by atoms with E-state index in [9.17, 15) is 8.42 Å². The molecule has 96 valence electrons. The number of hydrogen-bond acceptors (Lipinski definition) is 4. The highest BCUT2D eigenvalue weighted by molar-refractivity contribution is 7.89. The first-order valence-corrected chi connectivity index (χ1v) is 7.38. The van der Waals surface area contributed by atoms with Crippen LogP contribution in [-0.4, -0.2) is 50.3 Å². The summed E-state index contributed by atoms with van der Waals surface area (Å²) in [6.07, 6.45) is 1.58. The summed E-state index contributed by atoms with van der Waals surface area (Å²) in [7, 11) is -3.15. The minimum absolute atomic E-state index is 0.0699. The van der Waals surface area contributed by atoms with Crippen LogP contribution >= 0.6 is 0 Å². The van der Waals surface area contributed by atoms with E-state index in [1.165, 1.54) is 4.31 Å². The van der Waals surface area contributed by atoms with Crippen LogP contribution in [0.1, 0.15) is 26.7 Å². The second-order valence-corrected chi connectivity index (χ2v) is 6.56. The van der Waals surface area contributed by atoms with Gasteiger partial charge >= 0.3 is 0 Å². The number of rotatable bonds is 5. The molecule has 0 saturated carbocycles. The molecule has 0 atom stereocenters. The van der Waals surface area contributed by atoms with Gasteiger partial charge in [-0.2, -0.15) is 0 Å². The van der Waals surface area contributed by atoms with Gasteiger partial charge in [0, 0.05) is 19.1 Å². The first kappa shape index (κ1) is 13.9. The third kappa shape index (κ3) is 4.37. The fraction of sp³-hybridized carbons (Fsp3) is 1.00. The molecule has 0 bridgehead atoms. The highest BCUT2D eigenvalue weighted by atomic mass is 32.2. The molecule has 0 aromatic rings. The molecule has 16 heavy (non-hydrogen) atoms. The zero-order valence-corrected chi connectivity index (χ0v) is 10.9. The lowest BCUT2D eigenvalue weighted by Gasteiger charge is -2.29. The van der Waals surface area contributed by atoms with Gasteiger partial charge < -0.3 is 10.5 Å². The summed E-state index contributed by atoms with van der Waals surface area (Å²) in [6.45, 7) is 5.15. The molecule has 0 unspecified atom stereocenters. The molecule has 1 saturated heterocycles. The molecule has 1 fully saturated rings. The number of nitrogens with zero attached hydrogens (tertiary/aromatic N) is 1. The van der Waals surface area contributed by atoms with Crippen LogP contribution in [0.2, 0.25) is 0 Å². The van der Waals surface area contributed by atoms with E-state index in [0.717, 1.165) is 12.8 Å². The normalized spacial score (nSPS) is 20.5. The smallest absolute Gasteiger partial charge is 0.216 e. The molecule has 0 aliphatic carbocycles. The summed E-state index contributed by atoms with van der Waals surface area (Å²) in [5.74, 6) is 0.0699.